The van der Waals surface area contributed by atoms with E-state index >= 15 is 0 Å². The number of rotatable bonds is 5. The maximum Gasteiger partial charge on any atom is 0.253 e. The third-order valence-electron chi connectivity index (χ3n) is 3.07. The van der Waals surface area contributed by atoms with Crippen molar-refractivity contribution >= 4 is 17.5 Å². The Morgan fingerprint density at radius 1 is 0.955 bits per heavy atom. The molecule has 0 aliphatic carbocycles. The lowest BCUT2D eigenvalue weighted by molar-refractivity contribution is -0.115. The zero-order valence-electron chi connectivity index (χ0n) is 12.8. The van der Waals surface area contributed by atoms with Gasteiger partial charge in [0.25, 0.3) is 5.91 Å². The highest BCUT2D eigenvalue weighted by molar-refractivity contribution is 6.04. The van der Waals surface area contributed by atoms with Gasteiger partial charge < -0.3 is 10.6 Å². The highest BCUT2D eigenvalue weighted by atomic mass is 16.2. The van der Waals surface area contributed by atoms with Gasteiger partial charge in [0.1, 0.15) is 0 Å². The first-order valence-electron chi connectivity index (χ1n) is 7.30. The van der Waals surface area contributed by atoms with Crippen molar-refractivity contribution in [3.8, 4) is 0 Å². The Balaban J connectivity index is 2.09. The van der Waals surface area contributed by atoms with E-state index in [-0.39, 0.29) is 24.3 Å². The van der Waals surface area contributed by atoms with Crippen molar-refractivity contribution in [3.05, 3.63) is 65.7 Å². The van der Waals surface area contributed by atoms with Crippen LogP contribution in [0.25, 0.3) is 0 Å². The number of anilines is 1. The Bertz CT molecular complexity index is 651. The van der Waals surface area contributed by atoms with E-state index in [0.29, 0.717) is 11.3 Å². The highest BCUT2D eigenvalue weighted by Gasteiger charge is 2.13. The molecule has 0 heterocycles. The fourth-order valence-corrected chi connectivity index (χ4v) is 2.11. The molecule has 0 saturated carbocycles. The average molecular weight is 296 g/mol. The van der Waals surface area contributed by atoms with E-state index < -0.39 is 0 Å². The molecular formula is C18H20N2O2. The molecule has 2 rings (SSSR count). The van der Waals surface area contributed by atoms with Crippen molar-refractivity contribution in [3.63, 3.8) is 0 Å². The molecule has 114 valence electrons. The van der Waals surface area contributed by atoms with Crippen molar-refractivity contribution in [2.45, 2.75) is 26.3 Å². The van der Waals surface area contributed by atoms with E-state index in [2.05, 4.69) is 10.6 Å². The van der Waals surface area contributed by atoms with Crippen LogP contribution in [0.3, 0.4) is 0 Å². The van der Waals surface area contributed by atoms with Gasteiger partial charge in [0.05, 0.1) is 17.7 Å². The van der Waals surface area contributed by atoms with Crippen LogP contribution in [0.2, 0.25) is 0 Å². The van der Waals surface area contributed by atoms with Gasteiger partial charge in [-0.05, 0) is 31.5 Å². The SMILES string of the molecule is CC(C)NC(=O)c1ccccc1NC(=O)Cc1ccccc1. The summed E-state index contributed by atoms with van der Waals surface area (Å²) < 4.78 is 0. The molecule has 2 aromatic carbocycles. The van der Waals surface area contributed by atoms with Crippen LogP contribution in [0.4, 0.5) is 5.69 Å². The molecule has 2 amide bonds. The molecule has 22 heavy (non-hydrogen) atoms. The summed E-state index contributed by atoms with van der Waals surface area (Å²) in [7, 11) is 0. The lowest BCUT2D eigenvalue weighted by atomic mass is 10.1. The van der Waals surface area contributed by atoms with Crippen LogP contribution < -0.4 is 10.6 Å². The van der Waals surface area contributed by atoms with E-state index in [0.717, 1.165) is 5.56 Å². The van der Waals surface area contributed by atoms with Crippen molar-refractivity contribution in [1.82, 2.24) is 5.32 Å². The Hall–Kier alpha value is -2.62. The predicted octanol–water partition coefficient (Wildman–Crippen LogP) is 3.01. The van der Waals surface area contributed by atoms with Gasteiger partial charge in [0.15, 0.2) is 0 Å². The minimum atomic E-state index is -0.189. The number of amides is 2. The molecule has 2 N–H and O–H groups in total. The third kappa shape index (κ3) is 4.45. The molecule has 4 heteroatoms. The Morgan fingerprint density at radius 2 is 1.59 bits per heavy atom. The van der Waals surface area contributed by atoms with Gasteiger partial charge >= 0.3 is 0 Å². The van der Waals surface area contributed by atoms with Crippen LogP contribution in [0.15, 0.2) is 54.6 Å². The molecule has 0 radical (unpaired) electrons. The molecule has 4 nitrogen and oxygen atoms in total. The lowest BCUT2D eigenvalue weighted by Crippen LogP contribution is -2.31. The number of carbonyl (C=O) groups excluding carboxylic acids is 2. The predicted molar refractivity (Wildman–Crippen MR) is 87.8 cm³/mol. The molecular weight excluding hydrogens is 276 g/mol. The fraction of sp³-hybridized carbons (Fsp3) is 0.222. The standard InChI is InChI=1S/C18H20N2O2/c1-13(2)19-18(22)15-10-6-7-11-16(15)20-17(21)12-14-8-4-3-5-9-14/h3-11,13H,12H2,1-2H3,(H,19,22)(H,20,21). The Labute approximate surface area is 130 Å². The highest BCUT2D eigenvalue weighted by Crippen LogP contribution is 2.15. The molecule has 0 aliphatic rings. The van der Waals surface area contributed by atoms with E-state index in [1.165, 1.54) is 0 Å². The average Bonchev–Trinajstić information content (AvgIpc) is 2.48. The summed E-state index contributed by atoms with van der Waals surface area (Å²) in [6.07, 6.45) is 0.279. The first-order valence-corrected chi connectivity index (χ1v) is 7.30. The molecule has 0 saturated heterocycles. The van der Waals surface area contributed by atoms with Gasteiger partial charge in [-0.3, -0.25) is 9.59 Å². The maximum atomic E-state index is 12.2. The first kappa shape index (κ1) is 15.8. The summed E-state index contributed by atoms with van der Waals surface area (Å²) in [5.74, 6) is -0.332. The molecule has 0 aliphatic heterocycles. The molecule has 0 unspecified atom stereocenters. The zero-order chi connectivity index (χ0) is 15.9. The maximum absolute atomic E-state index is 12.2. The number of nitrogens with one attached hydrogen (secondary N) is 2. The lowest BCUT2D eigenvalue weighted by Gasteiger charge is -2.13. The summed E-state index contributed by atoms with van der Waals surface area (Å²) in [4.78, 5) is 24.3. The van der Waals surface area contributed by atoms with E-state index in [4.69, 9.17) is 0 Å². The van der Waals surface area contributed by atoms with Gasteiger partial charge in [-0.2, -0.15) is 0 Å². The van der Waals surface area contributed by atoms with Crippen LogP contribution in [-0.4, -0.2) is 17.9 Å². The number of hydrogen-bond acceptors (Lipinski definition) is 2. The van der Waals surface area contributed by atoms with Crippen LogP contribution in [0, 0.1) is 0 Å². The van der Waals surface area contributed by atoms with Crippen LogP contribution >= 0.6 is 0 Å². The molecule has 0 bridgehead atoms. The second-order valence-corrected chi connectivity index (χ2v) is 5.38. The third-order valence-corrected chi connectivity index (χ3v) is 3.07. The van der Waals surface area contributed by atoms with Gasteiger partial charge in [0.2, 0.25) is 5.91 Å². The largest absolute Gasteiger partial charge is 0.350 e. The van der Waals surface area contributed by atoms with Crippen LogP contribution in [0.5, 0.6) is 0 Å². The van der Waals surface area contributed by atoms with E-state index in [9.17, 15) is 9.59 Å². The Morgan fingerprint density at radius 3 is 2.27 bits per heavy atom. The fourth-order valence-electron chi connectivity index (χ4n) is 2.11. The van der Waals surface area contributed by atoms with E-state index in [1.54, 1.807) is 24.3 Å². The van der Waals surface area contributed by atoms with Crippen molar-refractivity contribution in [2.24, 2.45) is 0 Å². The minimum Gasteiger partial charge on any atom is -0.350 e. The number of benzene rings is 2. The second-order valence-electron chi connectivity index (χ2n) is 5.38. The molecule has 0 spiro atoms. The van der Waals surface area contributed by atoms with Crippen LogP contribution in [-0.2, 0) is 11.2 Å². The number of para-hydroxylation sites is 1. The first-order chi connectivity index (χ1) is 10.6. The van der Waals surface area contributed by atoms with E-state index in [1.807, 2.05) is 44.2 Å². The van der Waals surface area contributed by atoms with Gasteiger partial charge in [-0.15, -0.1) is 0 Å². The molecule has 0 atom stereocenters. The summed E-state index contributed by atoms with van der Waals surface area (Å²) in [5, 5.41) is 5.65. The zero-order valence-corrected chi connectivity index (χ0v) is 12.8. The number of carbonyl (C=O) groups is 2. The van der Waals surface area contributed by atoms with Crippen molar-refractivity contribution in [1.29, 1.82) is 0 Å². The Kier molecular flexibility index (Phi) is 5.31. The smallest absolute Gasteiger partial charge is 0.253 e. The summed E-state index contributed by atoms with van der Waals surface area (Å²) in [6.45, 7) is 3.79. The van der Waals surface area contributed by atoms with Crippen LogP contribution in [0.1, 0.15) is 29.8 Å². The summed E-state index contributed by atoms with van der Waals surface area (Å²) >= 11 is 0. The topological polar surface area (TPSA) is 58.2 Å². The normalized spacial score (nSPS) is 10.3. The van der Waals surface area contributed by atoms with Crippen molar-refractivity contribution in [2.75, 3.05) is 5.32 Å². The summed E-state index contributed by atoms with van der Waals surface area (Å²) in [5.41, 5.74) is 1.93. The molecule has 0 aromatic heterocycles. The second kappa shape index (κ2) is 7.41. The molecule has 0 fully saturated rings. The number of hydrogen-bond donors (Lipinski definition) is 2. The van der Waals surface area contributed by atoms with Crippen molar-refractivity contribution < 1.29 is 9.59 Å². The van der Waals surface area contributed by atoms with Gasteiger partial charge in [-0.25, -0.2) is 0 Å². The minimum absolute atomic E-state index is 0.0422. The van der Waals surface area contributed by atoms with Gasteiger partial charge in [0, 0.05) is 6.04 Å². The quantitative estimate of drug-likeness (QED) is 0.891. The monoisotopic (exact) mass is 296 g/mol. The van der Waals surface area contributed by atoms with Gasteiger partial charge in [-0.1, -0.05) is 42.5 Å². The summed E-state index contributed by atoms with van der Waals surface area (Å²) in [6, 6.07) is 16.6. The molecule has 2 aromatic rings.